The fourth-order valence-corrected chi connectivity index (χ4v) is 2.10. The smallest absolute Gasteiger partial charge is 0.318 e. The Morgan fingerprint density at radius 3 is 2.09 bits per heavy atom. The molecule has 0 atom stereocenters. The Labute approximate surface area is 135 Å². The summed E-state index contributed by atoms with van der Waals surface area (Å²) in [7, 11) is 0. The molecule has 5 heteroatoms. The van der Waals surface area contributed by atoms with E-state index in [4.69, 9.17) is 0 Å². The third kappa shape index (κ3) is 5.07. The summed E-state index contributed by atoms with van der Waals surface area (Å²) in [4.78, 5) is 23.5. The van der Waals surface area contributed by atoms with Gasteiger partial charge in [0.05, 0.1) is 6.21 Å². The number of aryl methyl sites for hydroxylation is 3. The molecular formula is C18H19N3O2. The van der Waals surface area contributed by atoms with Gasteiger partial charge in [0.25, 0.3) is 0 Å². The second-order valence-electron chi connectivity index (χ2n) is 5.44. The van der Waals surface area contributed by atoms with Crippen LogP contribution in [0.2, 0.25) is 0 Å². The number of hydrogen-bond acceptors (Lipinski definition) is 3. The molecule has 0 aliphatic heterocycles. The van der Waals surface area contributed by atoms with Gasteiger partial charge in [0.2, 0.25) is 0 Å². The second kappa shape index (κ2) is 7.35. The van der Waals surface area contributed by atoms with Gasteiger partial charge in [-0.1, -0.05) is 35.9 Å². The maximum Gasteiger partial charge on any atom is 0.329 e. The van der Waals surface area contributed by atoms with Crippen LogP contribution < -0.4 is 10.7 Å². The number of anilines is 1. The van der Waals surface area contributed by atoms with Gasteiger partial charge in [0, 0.05) is 5.69 Å². The Kier molecular flexibility index (Phi) is 5.25. The lowest BCUT2D eigenvalue weighted by molar-refractivity contribution is -0.136. The van der Waals surface area contributed by atoms with Crippen LogP contribution >= 0.6 is 0 Å². The third-order valence-corrected chi connectivity index (χ3v) is 3.14. The molecule has 118 valence electrons. The van der Waals surface area contributed by atoms with Gasteiger partial charge in [-0.05, 0) is 49.6 Å². The third-order valence-electron chi connectivity index (χ3n) is 3.14. The summed E-state index contributed by atoms with van der Waals surface area (Å²) in [6, 6.07) is 13.2. The fraction of sp³-hybridized carbons (Fsp3) is 0.167. The number of nitrogens with zero attached hydrogens (tertiary/aromatic N) is 1. The molecule has 0 fully saturated rings. The van der Waals surface area contributed by atoms with Crippen molar-refractivity contribution in [1.29, 1.82) is 0 Å². The highest BCUT2D eigenvalue weighted by atomic mass is 16.2. The average Bonchev–Trinajstić information content (AvgIpc) is 2.48. The number of hydrazone groups is 1. The molecule has 0 saturated heterocycles. The van der Waals surface area contributed by atoms with Gasteiger partial charge in [0.15, 0.2) is 0 Å². The van der Waals surface area contributed by atoms with Crippen LogP contribution in [0.5, 0.6) is 0 Å². The Morgan fingerprint density at radius 2 is 1.48 bits per heavy atom. The Bertz CT molecular complexity index is 729. The molecular weight excluding hydrogens is 290 g/mol. The zero-order valence-corrected chi connectivity index (χ0v) is 13.4. The average molecular weight is 309 g/mol. The largest absolute Gasteiger partial charge is 0.329 e. The van der Waals surface area contributed by atoms with Crippen LogP contribution in [0.3, 0.4) is 0 Å². The van der Waals surface area contributed by atoms with Gasteiger partial charge in [-0.3, -0.25) is 9.59 Å². The highest BCUT2D eigenvalue weighted by molar-refractivity contribution is 6.39. The van der Waals surface area contributed by atoms with E-state index in [0.717, 1.165) is 22.3 Å². The summed E-state index contributed by atoms with van der Waals surface area (Å²) in [6.45, 7) is 5.84. The molecule has 0 aromatic heterocycles. The van der Waals surface area contributed by atoms with Gasteiger partial charge >= 0.3 is 11.8 Å². The van der Waals surface area contributed by atoms with Crippen LogP contribution in [0, 0.1) is 20.8 Å². The lowest BCUT2D eigenvalue weighted by atomic mass is 10.1. The number of rotatable bonds is 3. The van der Waals surface area contributed by atoms with Gasteiger partial charge < -0.3 is 5.32 Å². The van der Waals surface area contributed by atoms with Crippen LogP contribution in [-0.2, 0) is 9.59 Å². The number of benzene rings is 2. The minimum atomic E-state index is -0.812. The van der Waals surface area contributed by atoms with E-state index >= 15 is 0 Å². The first kappa shape index (κ1) is 16.4. The van der Waals surface area contributed by atoms with Crippen molar-refractivity contribution in [3.05, 3.63) is 64.7 Å². The highest BCUT2D eigenvalue weighted by Gasteiger charge is 2.13. The molecule has 2 amide bonds. The normalized spacial score (nSPS) is 10.6. The van der Waals surface area contributed by atoms with Crippen molar-refractivity contribution in [1.82, 2.24) is 5.43 Å². The summed E-state index contributed by atoms with van der Waals surface area (Å²) in [5.74, 6) is -1.57. The molecule has 0 saturated carbocycles. The SMILES string of the molecule is Cc1ccc(/C=N\NC(=O)C(=O)Nc2cc(C)cc(C)c2)cc1. The van der Waals surface area contributed by atoms with Gasteiger partial charge in [-0.15, -0.1) is 0 Å². The van der Waals surface area contributed by atoms with Crippen molar-refractivity contribution in [2.45, 2.75) is 20.8 Å². The molecule has 0 spiro atoms. The molecule has 5 nitrogen and oxygen atoms in total. The van der Waals surface area contributed by atoms with Crippen molar-refractivity contribution in [3.63, 3.8) is 0 Å². The van der Waals surface area contributed by atoms with E-state index in [1.54, 1.807) is 12.1 Å². The standard InChI is InChI=1S/C18H19N3O2/c1-12-4-6-15(7-5-12)11-19-21-18(23)17(22)20-16-9-13(2)8-14(3)10-16/h4-11H,1-3H3,(H,20,22)(H,21,23)/b19-11-. The number of amides is 2. The first-order valence-electron chi connectivity index (χ1n) is 7.23. The van der Waals surface area contributed by atoms with Crippen molar-refractivity contribution in [2.75, 3.05) is 5.32 Å². The zero-order chi connectivity index (χ0) is 16.8. The Morgan fingerprint density at radius 1 is 0.870 bits per heavy atom. The topological polar surface area (TPSA) is 70.6 Å². The number of carbonyl (C=O) groups is 2. The molecule has 0 radical (unpaired) electrons. The maximum atomic E-state index is 11.8. The maximum absolute atomic E-state index is 11.8. The van der Waals surface area contributed by atoms with Crippen LogP contribution in [0.25, 0.3) is 0 Å². The fourth-order valence-electron chi connectivity index (χ4n) is 2.10. The van der Waals surface area contributed by atoms with E-state index in [-0.39, 0.29) is 0 Å². The van der Waals surface area contributed by atoms with Crippen LogP contribution in [0.4, 0.5) is 5.69 Å². The first-order chi connectivity index (χ1) is 10.9. The lowest BCUT2D eigenvalue weighted by Gasteiger charge is -2.06. The van der Waals surface area contributed by atoms with E-state index in [1.165, 1.54) is 6.21 Å². The quantitative estimate of drug-likeness (QED) is 0.520. The van der Waals surface area contributed by atoms with Crippen molar-refractivity contribution >= 4 is 23.7 Å². The van der Waals surface area contributed by atoms with Crippen LogP contribution in [0.1, 0.15) is 22.3 Å². The minimum absolute atomic E-state index is 0.588. The van der Waals surface area contributed by atoms with Gasteiger partial charge in [-0.2, -0.15) is 5.10 Å². The van der Waals surface area contributed by atoms with E-state index in [9.17, 15) is 9.59 Å². The van der Waals surface area contributed by atoms with Crippen molar-refractivity contribution < 1.29 is 9.59 Å². The van der Waals surface area contributed by atoms with E-state index in [0.29, 0.717) is 5.69 Å². The number of carbonyl (C=O) groups excluding carboxylic acids is 2. The van der Waals surface area contributed by atoms with Crippen LogP contribution in [-0.4, -0.2) is 18.0 Å². The van der Waals surface area contributed by atoms with Gasteiger partial charge in [0.1, 0.15) is 0 Å². The molecule has 0 bridgehead atoms. The van der Waals surface area contributed by atoms with E-state index < -0.39 is 11.8 Å². The van der Waals surface area contributed by atoms with E-state index in [1.807, 2.05) is 51.1 Å². The molecule has 2 N–H and O–H groups in total. The second-order valence-corrected chi connectivity index (χ2v) is 5.44. The van der Waals surface area contributed by atoms with Gasteiger partial charge in [-0.25, -0.2) is 5.43 Å². The number of nitrogens with one attached hydrogen (secondary N) is 2. The first-order valence-corrected chi connectivity index (χ1v) is 7.23. The van der Waals surface area contributed by atoms with Crippen LogP contribution in [0.15, 0.2) is 47.6 Å². The molecule has 23 heavy (non-hydrogen) atoms. The summed E-state index contributed by atoms with van der Waals surface area (Å²) in [5.41, 5.74) is 6.80. The lowest BCUT2D eigenvalue weighted by Crippen LogP contribution is -2.32. The minimum Gasteiger partial charge on any atom is -0.318 e. The molecule has 2 aromatic carbocycles. The van der Waals surface area contributed by atoms with Crippen molar-refractivity contribution in [2.24, 2.45) is 5.10 Å². The zero-order valence-electron chi connectivity index (χ0n) is 13.4. The Hall–Kier alpha value is -2.95. The molecule has 2 aromatic rings. The predicted molar refractivity (Wildman–Crippen MR) is 91.5 cm³/mol. The predicted octanol–water partition coefficient (Wildman–Crippen LogP) is 2.70. The van der Waals surface area contributed by atoms with Crippen molar-refractivity contribution in [3.8, 4) is 0 Å². The molecule has 0 aliphatic rings. The molecule has 2 rings (SSSR count). The molecule has 0 aliphatic carbocycles. The Balaban J connectivity index is 1.92. The molecule has 0 heterocycles. The number of hydrogen-bond donors (Lipinski definition) is 2. The summed E-state index contributed by atoms with van der Waals surface area (Å²) in [6.07, 6.45) is 1.49. The summed E-state index contributed by atoms with van der Waals surface area (Å²) in [5, 5.41) is 6.34. The van der Waals surface area contributed by atoms with E-state index in [2.05, 4.69) is 15.8 Å². The highest BCUT2D eigenvalue weighted by Crippen LogP contribution is 2.13. The summed E-state index contributed by atoms with van der Waals surface area (Å²) >= 11 is 0. The molecule has 0 unspecified atom stereocenters. The monoisotopic (exact) mass is 309 g/mol. The summed E-state index contributed by atoms with van der Waals surface area (Å²) < 4.78 is 0.